The summed E-state index contributed by atoms with van der Waals surface area (Å²) in [6, 6.07) is 88.2. The molecule has 2 aliphatic heterocycles. The van der Waals surface area contributed by atoms with Crippen molar-refractivity contribution in [2.24, 2.45) is 0 Å². The fourth-order valence-corrected chi connectivity index (χ4v) is 11.6. The Bertz CT molecular complexity index is 3820. The summed E-state index contributed by atoms with van der Waals surface area (Å²) < 4.78 is 3.40. The number of imidazole rings is 1. The number of hydrogen-bond acceptors (Lipinski definition) is 7. The van der Waals surface area contributed by atoms with Gasteiger partial charge in [0.1, 0.15) is 33.1 Å². The van der Waals surface area contributed by atoms with E-state index in [2.05, 4.69) is 273 Å². The molecule has 330 valence electrons. The molecule has 0 atom stereocenters. The van der Waals surface area contributed by atoms with Crippen LogP contribution in [0.5, 0.6) is 0 Å². The molecule has 0 fully saturated rings. The van der Waals surface area contributed by atoms with Gasteiger partial charge in [0.15, 0.2) is 0 Å². The maximum Gasteiger partial charge on any atom is 0.145 e. The van der Waals surface area contributed by atoms with Crippen molar-refractivity contribution in [2.75, 3.05) is 19.6 Å². The number of rotatable bonds is 7. The third-order valence-corrected chi connectivity index (χ3v) is 14.5. The minimum absolute atomic E-state index is 0.833. The molecular formula is C62H41N7S. The third-order valence-electron chi connectivity index (χ3n) is 13.4. The van der Waals surface area contributed by atoms with Crippen LogP contribution < -0.4 is 19.6 Å². The van der Waals surface area contributed by atoms with Crippen LogP contribution in [0.15, 0.2) is 249 Å². The molecule has 0 saturated carbocycles. The highest BCUT2D eigenvalue weighted by Crippen LogP contribution is 2.62. The van der Waals surface area contributed by atoms with Crippen molar-refractivity contribution < 1.29 is 0 Å². The largest absolute Gasteiger partial charge is 0.306 e. The summed E-state index contributed by atoms with van der Waals surface area (Å²) in [5.74, 6) is 0.833. The highest BCUT2D eigenvalue weighted by atomic mass is 32.1. The lowest BCUT2D eigenvalue weighted by atomic mass is 10.0. The first-order chi connectivity index (χ1) is 34.8. The Hall–Kier alpha value is -9.24. The minimum atomic E-state index is 0.833. The van der Waals surface area contributed by atoms with Crippen molar-refractivity contribution in [2.45, 2.75) is 0 Å². The zero-order valence-corrected chi connectivity index (χ0v) is 38.5. The van der Waals surface area contributed by atoms with Crippen LogP contribution >= 0.6 is 11.3 Å². The molecule has 12 aromatic rings. The van der Waals surface area contributed by atoms with Crippen LogP contribution in [0.2, 0.25) is 0 Å². The smallest absolute Gasteiger partial charge is 0.145 e. The summed E-state index contributed by atoms with van der Waals surface area (Å²) in [5.41, 5.74) is 18.2. The summed E-state index contributed by atoms with van der Waals surface area (Å²) in [6.07, 6.45) is 0. The van der Waals surface area contributed by atoms with E-state index < -0.39 is 0 Å². The van der Waals surface area contributed by atoms with Gasteiger partial charge in [0, 0.05) is 28.2 Å². The zero-order valence-electron chi connectivity index (χ0n) is 37.7. The zero-order chi connectivity index (χ0) is 46.1. The van der Waals surface area contributed by atoms with E-state index >= 15 is 0 Å². The number of hydrogen-bond donors (Lipinski definition) is 0. The molecule has 0 saturated heterocycles. The normalized spacial score (nSPS) is 12.7. The van der Waals surface area contributed by atoms with Gasteiger partial charge < -0.3 is 19.6 Å². The highest BCUT2D eigenvalue weighted by molar-refractivity contribution is 7.22. The summed E-state index contributed by atoms with van der Waals surface area (Å²) in [6.45, 7) is 0. The van der Waals surface area contributed by atoms with Gasteiger partial charge in [-0.05, 0) is 84.9 Å². The standard InChI is InChI=1S/C62H41N7S/c1-6-24-42(25-7-1)61-63-55-57(67(61)46-32-14-5-15-33-46)58(68-51-38-20-16-34-47(51)65(44-28-10-3-11-29-44)48-35-17-21-39-52(48)68)56-60(70-62(64-56)43-26-8-2-9-27-43)59(55)69-53-40-22-18-36-49(53)66(45-30-12-4-13-31-45)50-37-19-23-41-54(50)69/h1-41H. The molecule has 0 bridgehead atoms. The van der Waals surface area contributed by atoms with Gasteiger partial charge in [-0.2, -0.15) is 0 Å². The third kappa shape index (κ3) is 6.13. The Morgan fingerprint density at radius 3 is 1.06 bits per heavy atom. The molecule has 4 heterocycles. The molecule has 2 aromatic heterocycles. The second-order valence-corrected chi connectivity index (χ2v) is 18.4. The summed E-state index contributed by atoms with van der Waals surface area (Å²) in [7, 11) is 0. The molecule has 8 heteroatoms. The van der Waals surface area contributed by atoms with Gasteiger partial charge in [-0.3, -0.25) is 4.57 Å². The van der Waals surface area contributed by atoms with E-state index in [1.54, 1.807) is 11.3 Å². The average molecular weight is 916 g/mol. The van der Waals surface area contributed by atoms with Gasteiger partial charge >= 0.3 is 0 Å². The van der Waals surface area contributed by atoms with E-state index in [-0.39, 0.29) is 0 Å². The van der Waals surface area contributed by atoms with Crippen LogP contribution in [0.3, 0.4) is 0 Å². The number of benzene rings is 10. The van der Waals surface area contributed by atoms with E-state index in [4.69, 9.17) is 9.97 Å². The van der Waals surface area contributed by atoms with Crippen molar-refractivity contribution in [3.8, 4) is 27.6 Å². The molecule has 14 rings (SSSR count). The first-order valence-electron chi connectivity index (χ1n) is 23.5. The van der Waals surface area contributed by atoms with Crippen LogP contribution in [0.4, 0.5) is 68.2 Å². The Morgan fingerprint density at radius 1 is 0.286 bits per heavy atom. The quantitative estimate of drug-likeness (QED) is 0.159. The van der Waals surface area contributed by atoms with Gasteiger partial charge in [-0.15, -0.1) is 11.3 Å². The molecule has 0 aliphatic carbocycles. The van der Waals surface area contributed by atoms with E-state index in [1.807, 2.05) is 0 Å². The predicted octanol–water partition coefficient (Wildman–Crippen LogP) is 17.5. The Kier molecular flexibility index (Phi) is 9.25. The number of nitrogens with zero attached hydrogens (tertiary/aromatic N) is 7. The monoisotopic (exact) mass is 915 g/mol. The van der Waals surface area contributed by atoms with Gasteiger partial charge in [0.2, 0.25) is 0 Å². The Balaban J connectivity index is 1.18. The number of para-hydroxylation sites is 11. The van der Waals surface area contributed by atoms with Gasteiger partial charge in [-0.1, -0.05) is 164 Å². The van der Waals surface area contributed by atoms with Crippen LogP contribution in [0, 0.1) is 0 Å². The molecule has 7 nitrogen and oxygen atoms in total. The minimum Gasteiger partial charge on any atom is -0.306 e. The molecule has 10 aromatic carbocycles. The number of anilines is 12. The van der Waals surface area contributed by atoms with Gasteiger partial charge in [-0.25, -0.2) is 9.97 Å². The molecule has 0 N–H and O–H groups in total. The van der Waals surface area contributed by atoms with Crippen molar-refractivity contribution in [1.82, 2.24) is 14.5 Å². The Morgan fingerprint density at radius 2 is 0.629 bits per heavy atom. The van der Waals surface area contributed by atoms with Crippen LogP contribution in [0.1, 0.15) is 0 Å². The number of aromatic nitrogens is 3. The maximum absolute atomic E-state index is 5.97. The van der Waals surface area contributed by atoms with Crippen molar-refractivity contribution in [3.63, 3.8) is 0 Å². The number of fused-ring (bicyclic) bond motifs is 6. The fraction of sp³-hybridized carbons (Fsp3) is 0. The highest BCUT2D eigenvalue weighted by Gasteiger charge is 2.39. The van der Waals surface area contributed by atoms with Gasteiger partial charge in [0.25, 0.3) is 0 Å². The SMILES string of the molecule is c1ccc(-c2nc3c(N4c5ccccc5N(c5ccccc5)c5ccccc54)c4c(nc(-c5ccccc5)n4-c4ccccc4)c(N4c5ccccc5N(c5ccccc5)c5ccccc54)c3s2)cc1. The molecule has 0 unspecified atom stereocenters. The first-order valence-corrected chi connectivity index (χ1v) is 24.3. The van der Waals surface area contributed by atoms with E-state index in [1.165, 1.54) is 0 Å². The van der Waals surface area contributed by atoms with Crippen molar-refractivity contribution in [3.05, 3.63) is 249 Å². The average Bonchev–Trinajstić information content (AvgIpc) is 4.06. The number of thiazole rings is 1. The summed E-state index contributed by atoms with van der Waals surface area (Å²) >= 11 is 1.72. The van der Waals surface area contributed by atoms with Crippen LogP contribution in [-0.2, 0) is 0 Å². The van der Waals surface area contributed by atoms with Crippen molar-refractivity contribution in [1.29, 1.82) is 0 Å². The lowest BCUT2D eigenvalue weighted by Gasteiger charge is -2.41. The summed E-state index contributed by atoms with van der Waals surface area (Å²) in [4.78, 5) is 21.5. The Labute approximate surface area is 409 Å². The predicted molar refractivity (Wildman–Crippen MR) is 291 cm³/mol. The topological polar surface area (TPSA) is 43.7 Å². The van der Waals surface area contributed by atoms with Gasteiger partial charge in [0.05, 0.1) is 55.9 Å². The second-order valence-electron chi connectivity index (χ2n) is 17.4. The maximum atomic E-state index is 5.97. The lowest BCUT2D eigenvalue weighted by molar-refractivity contribution is 1.09. The molecule has 70 heavy (non-hydrogen) atoms. The van der Waals surface area contributed by atoms with E-state index in [0.29, 0.717) is 0 Å². The molecule has 2 aliphatic rings. The molecule has 0 radical (unpaired) electrons. The first kappa shape index (κ1) is 39.9. The lowest BCUT2D eigenvalue weighted by Crippen LogP contribution is -2.25. The van der Waals surface area contributed by atoms with E-state index in [0.717, 1.165) is 117 Å². The second kappa shape index (κ2) is 16.2. The summed E-state index contributed by atoms with van der Waals surface area (Å²) in [5, 5.41) is 0.925. The van der Waals surface area contributed by atoms with E-state index in [9.17, 15) is 0 Å². The van der Waals surface area contributed by atoms with Crippen LogP contribution in [0.25, 0.3) is 48.9 Å². The molecule has 0 amide bonds. The molecule has 0 spiro atoms. The fourth-order valence-electron chi connectivity index (χ4n) is 10.5. The van der Waals surface area contributed by atoms with Crippen molar-refractivity contribution >= 4 is 101 Å². The molecular weight excluding hydrogens is 875 g/mol. The van der Waals surface area contributed by atoms with Crippen LogP contribution in [-0.4, -0.2) is 14.5 Å².